The summed E-state index contributed by atoms with van der Waals surface area (Å²) in [7, 11) is 3.94. The molecule has 1 aliphatic carbocycles. The van der Waals surface area contributed by atoms with E-state index in [0.717, 1.165) is 22.5 Å². The molecule has 1 amide bonds. The largest absolute Gasteiger partial charge is 0.378 e. The molecule has 0 radical (unpaired) electrons. The summed E-state index contributed by atoms with van der Waals surface area (Å²) in [6.45, 7) is 1.86. The number of Topliss-reactive ketones (excluding diaryl/α,β-unsaturated/α-hetero) is 1. The van der Waals surface area contributed by atoms with E-state index < -0.39 is 11.7 Å². The van der Waals surface area contributed by atoms with Gasteiger partial charge in [-0.3, -0.25) is 9.59 Å². The van der Waals surface area contributed by atoms with Crippen molar-refractivity contribution in [1.82, 2.24) is 5.32 Å². The number of allylic oxidation sites excluding steroid dienone is 3. The molecule has 3 aromatic rings. The first kappa shape index (κ1) is 24.5. The van der Waals surface area contributed by atoms with Gasteiger partial charge >= 0.3 is 0 Å². The molecule has 1 heterocycles. The van der Waals surface area contributed by atoms with E-state index in [9.17, 15) is 14.0 Å². The molecule has 0 saturated carbocycles. The van der Waals surface area contributed by atoms with Crippen molar-refractivity contribution in [1.29, 1.82) is 0 Å². The predicted octanol–water partition coefficient (Wildman–Crippen LogP) is 5.89. The maximum Gasteiger partial charge on any atom is 0.254 e. The van der Waals surface area contributed by atoms with Gasteiger partial charge in [0.15, 0.2) is 5.78 Å². The summed E-state index contributed by atoms with van der Waals surface area (Å²) in [5.74, 6) is -1.20. The lowest BCUT2D eigenvalue weighted by Gasteiger charge is -2.37. The van der Waals surface area contributed by atoms with Gasteiger partial charge in [0.2, 0.25) is 0 Å². The second-order valence-corrected chi connectivity index (χ2v) is 9.88. The topological polar surface area (TPSA) is 61.4 Å². The van der Waals surface area contributed by atoms with E-state index in [4.69, 9.17) is 0 Å². The Kier molecular flexibility index (Phi) is 6.66. The average Bonchev–Trinajstić information content (AvgIpc) is 2.88. The van der Waals surface area contributed by atoms with Crippen molar-refractivity contribution in [2.45, 2.75) is 31.6 Å². The van der Waals surface area contributed by atoms with E-state index in [2.05, 4.69) is 22.8 Å². The fourth-order valence-corrected chi connectivity index (χ4v) is 5.36. The molecular weight excluding hydrogens is 465 g/mol. The number of nitrogens with one attached hydrogen (secondary N) is 2. The van der Waals surface area contributed by atoms with Crippen molar-refractivity contribution < 1.29 is 14.0 Å². The predicted molar refractivity (Wildman–Crippen MR) is 145 cm³/mol. The number of nitrogens with zero attached hydrogens (tertiary/aromatic N) is 1. The minimum Gasteiger partial charge on any atom is -0.378 e. The van der Waals surface area contributed by atoms with Crippen LogP contribution < -0.4 is 15.5 Å². The first-order chi connectivity index (χ1) is 17.8. The third-order valence-corrected chi connectivity index (χ3v) is 7.17. The number of dihydropyridines is 1. The molecule has 2 N–H and O–H groups in total. The Morgan fingerprint density at radius 1 is 0.946 bits per heavy atom. The maximum atomic E-state index is 13.8. The van der Waals surface area contributed by atoms with Gasteiger partial charge in [-0.25, -0.2) is 4.39 Å². The summed E-state index contributed by atoms with van der Waals surface area (Å²) in [5, 5.41) is 6.24. The van der Waals surface area contributed by atoms with Crippen LogP contribution in [0.4, 0.5) is 15.8 Å². The van der Waals surface area contributed by atoms with E-state index in [1.165, 1.54) is 12.1 Å². The van der Waals surface area contributed by atoms with Crippen molar-refractivity contribution in [2.24, 2.45) is 0 Å². The van der Waals surface area contributed by atoms with Crippen LogP contribution in [0.3, 0.4) is 0 Å². The van der Waals surface area contributed by atoms with Crippen molar-refractivity contribution >= 4 is 23.1 Å². The molecule has 1 aliphatic heterocycles. The Morgan fingerprint density at radius 3 is 2.35 bits per heavy atom. The molecule has 0 fully saturated rings. The van der Waals surface area contributed by atoms with Crippen molar-refractivity contribution in [3.8, 4) is 0 Å². The molecular formula is C31H30FN3O2. The normalized spacial score (nSPS) is 19.3. The molecule has 3 aromatic carbocycles. The molecule has 37 heavy (non-hydrogen) atoms. The molecule has 0 spiro atoms. The van der Waals surface area contributed by atoms with Crippen molar-refractivity contribution in [3.63, 3.8) is 0 Å². The number of benzene rings is 3. The highest BCUT2D eigenvalue weighted by atomic mass is 19.1. The van der Waals surface area contributed by atoms with Crippen LogP contribution in [-0.4, -0.2) is 25.8 Å². The van der Waals surface area contributed by atoms with E-state index in [-0.39, 0.29) is 17.6 Å². The van der Waals surface area contributed by atoms with Crippen LogP contribution in [-0.2, 0) is 9.59 Å². The molecule has 188 valence electrons. The molecule has 6 heteroatoms. The minimum atomic E-state index is -0.523. The van der Waals surface area contributed by atoms with Gasteiger partial charge in [0.1, 0.15) is 5.82 Å². The molecule has 5 nitrogen and oxygen atoms in total. The Bertz CT molecular complexity index is 1410. The second kappa shape index (κ2) is 10.1. The van der Waals surface area contributed by atoms with Crippen LogP contribution in [0.1, 0.15) is 42.7 Å². The molecule has 5 rings (SSSR count). The first-order valence-corrected chi connectivity index (χ1v) is 12.4. The zero-order valence-corrected chi connectivity index (χ0v) is 21.2. The highest BCUT2D eigenvalue weighted by Gasteiger charge is 2.40. The summed E-state index contributed by atoms with van der Waals surface area (Å²) in [6, 6.07) is 23.8. The van der Waals surface area contributed by atoms with Gasteiger partial charge < -0.3 is 15.5 Å². The fraction of sp³-hybridized carbons (Fsp3) is 0.226. The number of carbonyl (C=O) groups excluding carboxylic acids is 2. The number of carbonyl (C=O) groups is 2. The quantitative estimate of drug-likeness (QED) is 0.463. The summed E-state index contributed by atoms with van der Waals surface area (Å²) in [4.78, 5) is 29.4. The van der Waals surface area contributed by atoms with Crippen molar-refractivity contribution in [2.75, 3.05) is 24.3 Å². The van der Waals surface area contributed by atoms with Crippen LogP contribution >= 0.6 is 0 Å². The maximum absolute atomic E-state index is 13.8. The zero-order chi connectivity index (χ0) is 26.1. The molecule has 2 aliphatic rings. The Morgan fingerprint density at radius 2 is 1.68 bits per heavy atom. The highest BCUT2D eigenvalue weighted by Crippen LogP contribution is 2.45. The van der Waals surface area contributed by atoms with Gasteiger partial charge in [0, 0.05) is 60.3 Å². The average molecular weight is 496 g/mol. The van der Waals surface area contributed by atoms with Crippen LogP contribution in [0.25, 0.3) is 0 Å². The number of hydrogen-bond acceptors (Lipinski definition) is 4. The molecule has 0 saturated heterocycles. The molecule has 0 unspecified atom stereocenters. The van der Waals surface area contributed by atoms with Crippen LogP contribution in [0.2, 0.25) is 0 Å². The van der Waals surface area contributed by atoms with Gasteiger partial charge in [0.25, 0.3) is 5.91 Å². The number of ketones is 1. The van der Waals surface area contributed by atoms with Crippen molar-refractivity contribution in [3.05, 3.63) is 118 Å². The standard InChI is InChI=1S/C31H30FN3O2/c1-19-28(31(37)34-24-11-7-10-23(32)18-24)29(21-12-14-25(15-13-21)35(2)3)30-26(33-19)16-22(17-27(30)36)20-8-5-4-6-9-20/h4-15,18,22,29,33H,16-17H2,1-3H3,(H,34,37)/t22-,29-/m0/s1. The second-order valence-electron chi connectivity index (χ2n) is 9.88. The lowest BCUT2D eigenvalue weighted by molar-refractivity contribution is -0.116. The van der Waals surface area contributed by atoms with Gasteiger partial charge in [0.05, 0.1) is 0 Å². The van der Waals surface area contributed by atoms with E-state index >= 15 is 0 Å². The Balaban J connectivity index is 1.57. The number of hydrogen-bond donors (Lipinski definition) is 2. The molecule has 0 aromatic heterocycles. The highest BCUT2D eigenvalue weighted by molar-refractivity contribution is 6.10. The lowest BCUT2D eigenvalue weighted by Crippen LogP contribution is -2.37. The third-order valence-electron chi connectivity index (χ3n) is 7.17. The summed E-state index contributed by atoms with van der Waals surface area (Å²) in [6.07, 6.45) is 1.07. The van der Waals surface area contributed by atoms with Gasteiger partial charge in [-0.05, 0) is 60.7 Å². The SMILES string of the molecule is CC1=C(C(=O)Nc2cccc(F)c2)[C@H](c2ccc(N(C)C)cc2)C2=C(C[C@H](c3ccccc3)CC2=O)N1. The number of anilines is 2. The van der Waals surface area contributed by atoms with Crippen LogP contribution in [0.5, 0.6) is 0 Å². The van der Waals surface area contributed by atoms with Crippen LogP contribution in [0, 0.1) is 5.82 Å². The third kappa shape index (κ3) is 4.92. The summed E-state index contributed by atoms with van der Waals surface area (Å²) < 4.78 is 13.8. The molecule has 2 atom stereocenters. The lowest BCUT2D eigenvalue weighted by atomic mass is 9.71. The summed E-state index contributed by atoms with van der Waals surface area (Å²) >= 11 is 0. The van der Waals surface area contributed by atoms with Gasteiger partial charge in [-0.2, -0.15) is 0 Å². The smallest absolute Gasteiger partial charge is 0.254 e. The Hall–Kier alpha value is -4.19. The van der Waals surface area contributed by atoms with Gasteiger partial charge in [-0.1, -0.05) is 48.5 Å². The fourth-order valence-electron chi connectivity index (χ4n) is 5.36. The summed E-state index contributed by atoms with van der Waals surface area (Å²) in [5.41, 5.74) is 6.06. The molecule has 0 bridgehead atoms. The van der Waals surface area contributed by atoms with E-state index in [1.54, 1.807) is 12.1 Å². The van der Waals surface area contributed by atoms with E-state index in [1.807, 2.05) is 68.4 Å². The zero-order valence-electron chi connectivity index (χ0n) is 21.2. The van der Waals surface area contributed by atoms with Gasteiger partial charge in [-0.15, -0.1) is 0 Å². The Labute approximate surface area is 216 Å². The van der Waals surface area contributed by atoms with E-state index in [0.29, 0.717) is 35.4 Å². The number of rotatable bonds is 5. The monoisotopic (exact) mass is 495 g/mol. The van der Waals surface area contributed by atoms with Crippen LogP contribution in [0.15, 0.2) is 101 Å². The number of halogens is 1. The number of amides is 1. The minimum absolute atomic E-state index is 0.0350. The first-order valence-electron chi connectivity index (χ1n) is 12.4.